The van der Waals surface area contributed by atoms with Gasteiger partial charge in [-0.05, 0) is 23.8 Å². The second-order valence-electron chi connectivity index (χ2n) is 4.18. The van der Waals surface area contributed by atoms with Gasteiger partial charge in [0.25, 0.3) is 5.91 Å². The van der Waals surface area contributed by atoms with Gasteiger partial charge in [0.15, 0.2) is 0 Å². The predicted molar refractivity (Wildman–Crippen MR) is 75.7 cm³/mol. The van der Waals surface area contributed by atoms with Gasteiger partial charge in [-0.1, -0.05) is 6.07 Å². The molecule has 104 valence electrons. The standard InChI is InChI=1S/C14H14N2O3S/c1-16(9-10-4-3-7-15-8-10)13(17)11-5-6-12(20-11)14(18)19-2/h3-8H,9H2,1-2H3. The highest BCUT2D eigenvalue weighted by atomic mass is 32.1. The molecule has 0 fully saturated rings. The van der Waals surface area contributed by atoms with Crippen LogP contribution in [0.25, 0.3) is 0 Å². The summed E-state index contributed by atoms with van der Waals surface area (Å²) in [5.74, 6) is -0.557. The van der Waals surface area contributed by atoms with Crippen LogP contribution in [0.2, 0.25) is 0 Å². The summed E-state index contributed by atoms with van der Waals surface area (Å²) in [7, 11) is 3.03. The number of nitrogens with zero attached hydrogens (tertiary/aromatic N) is 2. The molecule has 2 aromatic rings. The molecule has 0 atom stereocenters. The van der Waals surface area contributed by atoms with Crippen LogP contribution in [-0.2, 0) is 11.3 Å². The molecule has 0 saturated carbocycles. The number of carbonyl (C=O) groups excluding carboxylic acids is 2. The van der Waals surface area contributed by atoms with Crippen molar-refractivity contribution < 1.29 is 14.3 Å². The van der Waals surface area contributed by atoms with Crippen LogP contribution in [0.3, 0.4) is 0 Å². The minimum absolute atomic E-state index is 0.131. The predicted octanol–water partition coefficient (Wildman–Crippen LogP) is 2.20. The largest absolute Gasteiger partial charge is 0.465 e. The molecule has 1 amide bonds. The fourth-order valence-corrected chi connectivity index (χ4v) is 2.61. The molecule has 20 heavy (non-hydrogen) atoms. The Morgan fingerprint density at radius 3 is 2.70 bits per heavy atom. The van der Waals surface area contributed by atoms with Crippen molar-refractivity contribution >= 4 is 23.2 Å². The molecular formula is C14H14N2O3S. The number of amides is 1. The molecule has 6 heteroatoms. The van der Waals surface area contributed by atoms with Gasteiger partial charge in [0.05, 0.1) is 12.0 Å². The Morgan fingerprint density at radius 2 is 2.05 bits per heavy atom. The quantitative estimate of drug-likeness (QED) is 0.810. The summed E-state index contributed by atoms with van der Waals surface area (Å²) in [6.07, 6.45) is 3.41. The molecule has 0 spiro atoms. The lowest BCUT2D eigenvalue weighted by molar-refractivity contribution is 0.0606. The molecule has 2 rings (SSSR count). The van der Waals surface area contributed by atoms with E-state index in [-0.39, 0.29) is 5.91 Å². The topological polar surface area (TPSA) is 59.5 Å². The van der Waals surface area contributed by atoms with E-state index in [0.717, 1.165) is 16.9 Å². The number of methoxy groups -OCH3 is 1. The molecule has 0 N–H and O–H groups in total. The minimum atomic E-state index is -0.427. The maximum absolute atomic E-state index is 12.2. The van der Waals surface area contributed by atoms with Gasteiger partial charge in [-0.15, -0.1) is 11.3 Å². The first kappa shape index (κ1) is 14.2. The van der Waals surface area contributed by atoms with Crippen LogP contribution in [-0.4, -0.2) is 35.9 Å². The average molecular weight is 290 g/mol. The van der Waals surface area contributed by atoms with Gasteiger partial charge >= 0.3 is 5.97 Å². The van der Waals surface area contributed by atoms with Crippen LogP contribution in [0.15, 0.2) is 36.7 Å². The number of carbonyl (C=O) groups is 2. The lowest BCUT2D eigenvalue weighted by atomic mass is 10.2. The lowest BCUT2D eigenvalue weighted by Crippen LogP contribution is -2.25. The second kappa shape index (κ2) is 6.29. The van der Waals surface area contributed by atoms with E-state index in [9.17, 15) is 9.59 Å². The molecule has 0 bridgehead atoms. The maximum atomic E-state index is 12.2. The monoisotopic (exact) mass is 290 g/mol. The van der Waals surface area contributed by atoms with Crippen LogP contribution < -0.4 is 0 Å². The molecule has 2 heterocycles. The van der Waals surface area contributed by atoms with Gasteiger partial charge < -0.3 is 9.64 Å². The number of pyridine rings is 1. The highest BCUT2D eigenvalue weighted by molar-refractivity contribution is 7.15. The summed E-state index contributed by atoms with van der Waals surface area (Å²) in [6, 6.07) is 6.97. The van der Waals surface area contributed by atoms with E-state index in [1.165, 1.54) is 7.11 Å². The molecule has 5 nitrogen and oxygen atoms in total. The summed E-state index contributed by atoms with van der Waals surface area (Å²) in [6.45, 7) is 0.470. The van der Waals surface area contributed by atoms with Crippen molar-refractivity contribution in [3.8, 4) is 0 Å². The first-order valence-corrected chi connectivity index (χ1v) is 6.76. The van der Waals surface area contributed by atoms with Crippen LogP contribution in [0.1, 0.15) is 24.9 Å². The molecule has 0 aliphatic rings. The van der Waals surface area contributed by atoms with E-state index in [1.54, 1.807) is 36.5 Å². The van der Waals surface area contributed by atoms with Crippen LogP contribution in [0.4, 0.5) is 0 Å². The highest BCUT2D eigenvalue weighted by Crippen LogP contribution is 2.19. The number of esters is 1. The number of rotatable bonds is 4. The summed E-state index contributed by atoms with van der Waals surface area (Å²) < 4.78 is 4.62. The third kappa shape index (κ3) is 3.21. The molecule has 0 aliphatic heterocycles. The second-order valence-corrected chi connectivity index (χ2v) is 5.26. The van der Waals surface area contributed by atoms with Crippen molar-refractivity contribution in [2.45, 2.75) is 6.54 Å². The fraction of sp³-hybridized carbons (Fsp3) is 0.214. The normalized spacial score (nSPS) is 10.1. The highest BCUT2D eigenvalue weighted by Gasteiger charge is 2.17. The SMILES string of the molecule is COC(=O)c1ccc(C(=O)N(C)Cc2cccnc2)s1. The summed E-state index contributed by atoms with van der Waals surface area (Å²) in [4.78, 5) is 30.1. The van der Waals surface area contributed by atoms with E-state index in [2.05, 4.69) is 9.72 Å². The zero-order chi connectivity index (χ0) is 14.5. The summed E-state index contributed by atoms with van der Waals surface area (Å²) >= 11 is 1.13. The Kier molecular flexibility index (Phi) is 4.47. The number of ether oxygens (including phenoxy) is 1. The van der Waals surface area contributed by atoms with Crippen molar-refractivity contribution in [1.82, 2.24) is 9.88 Å². The number of hydrogen-bond acceptors (Lipinski definition) is 5. The van der Waals surface area contributed by atoms with Crippen molar-refractivity contribution in [3.05, 3.63) is 52.0 Å². The van der Waals surface area contributed by atoms with Crippen molar-refractivity contribution in [2.75, 3.05) is 14.2 Å². The van der Waals surface area contributed by atoms with E-state index < -0.39 is 5.97 Å². The van der Waals surface area contributed by atoms with Crippen LogP contribution in [0.5, 0.6) is 0 Å². The van der Waals surface area contributed by atoms with E-state index in [1.807, 2.05) is 12.1 Å². The molecule has 0 aromatic carbocycles. The van der Waals surface area contributed by atoms with E-state index >= 15 is 0 Å². The van der Waals surface area contributed by atoms with E-state index in [0.29, 0.717) is 16.3 Å². The Balaban J connectivity index is 2.07. The molecule has 2 aromatic heterocycles. The minimum Gasteiger partial charge on any atom is -0.465 e. The molecular weight excluding hydrogens is 276 g/mol. The summed E-state index contributed by atoms with van der Waals surface area (Å²) in [5.41, 5.74) is 0.952. The van der Waals surface area contributed by atoms with Crippen LogP contribution >= 0.6 is 11.3 Å². The number of thiophene rings is 1. The van der Waals surface area contributed by atoms with Crippen LogP contribution in [0, 0.1) is 0 Å². The zero-order valence-electron chi connectivity index (χ0n) is 11.2. The molecule has 0 radical (unpaired) electrons. The smallest absolute Gasteiger partial charge is 0.348 e. The molecule has 0 saturated heterocycles. The first-order chi connectivity index (χ1) is 9.61. The van der Waals surface area contributed by atoms with Crippen molar-refractivity contribution in [1.29, 1.82) is 0 Å². The van der Waals surface area contributed by atoms with Gasteiger partial charge in [0.2, 0.25) is 0 Å². The van der Waals surface area contributed by atoms with E-state index in [4.69, 9.17) is 0 Å². The van der Waals surface area contributed by atoms with Gasteiger partial charge in [-0.3, -0.25) is 9.78 Å². The third-order valence-corrected chi connectivity index (χ3v) is 3.75. The average Bonchev–Trinajstić information content (AvgIpc) is 2.96. The van der Waals surface area contributed by atoms with Crippen molar-refractivity contribution in [2.24, 2.45) is 0 Å². The van der Waals surface area contributed by atoms with Gasteiger partial charge in [0, 0.05) is 26.0 Å². The third-order valence-electron chi connectivity index (χ3n) is 2.69. The fourth-order valence-electron chi connectivity index (χ4n) is 1.69. The van der Waals surface area contributed by atoms with Gasteiger partial charge in [-0.2, -0.15) is 0 Å². The molecule has 0 unspecified atom stereocenters. The first-order valence-electron chi connectivity index (χ1n) is 5.94. The van der Waals surface area contributed by atoms with Gasteiger partial charge in [-0.25, -0.2) is 4.79 Å². The van der Waals surface area contributed by atoms with Gasteiger partial charge in [0.1, 0.15) is 4.88 Å². The maximum Gasteiger partial charge on any atom is 0.348 e. The Morgan fingerprint density at radius 1 is 1.30 bits per heavy atom. The van der Waals surface area contributed by atoms with Crippen molar-refractivity contribution in [3.63, 3.8) is 0 Å². The Hall–Kier alpha value is -2.21. The number of aromatic nitrogens is 1. The number of hydrogen-bond donors (Lipinski definition) is 0. The molecule has 0 aliphatic carbocycles. The Bertz CT molecular complexity index is 610. The zero-order valence-corrected chi connectivity index (χ0v) is 12.0. The lowest BCUT2D eigenvalue weighted by Gasteiger charge is -2.15. The Labute approximate surface area is 120 Å². The summed E-state index contributed by atoms with van der Waals surface area (Å²) in [5, 5.41) is 0.